The van der Waals surface area contributed by atoms with Crippen molar-refractivity contribution in [3.8, 4) is 0 Å². The molecule has 76 valence electrons. The first-order valence-electron chi connectivity index (χ1n) is 4.07. The maximum atomic E-state index is 10.4. The van der Waals surface area contributed by atoms with Crippen molar-refractivity contribution in [2.24, 2.45) is 5.73 Å². The average Bonchev–Trinajstić information content (AvgIpc) is 2.19. The van der Waals surface area contributed by atoms with E-state index in [1.54, 1.807) is 12.3 Å². The zero-order valence-electron chi connectivity index (χ0n) is 7.46. The van der Waals surface area contributed by atoms with Gasteiger partial charge in [0.25, 0.3) is 0 Å². The highest BCUT2D eigenvalue weighted by Crippen LogP contribution is 2.14. The number of rotatable bonds is 5. The standard InChI is InChI=1S/C8H11N3O2S/c9-6(8(12)13)2-4-14-7-1-3-10-5-11-7/h1,3,5-6H,2,4,9H2,(H,12,13). The van der Waals surface area contributed by atoms with E-state index in [4.69, 9.17) is 10.8 Å². The molecule has 3 N–H and O–H groups in total. The minimum atomic E-state index is -0.965. The van der Waals surface area contributed by atoms with Crippen molar-refractivity contribution in [1.29, 1.82) is 0 Å². The smallest absolute Gasteiger partial charge is 0.320 e. The highest BCUT2D eigenvalue weighted by molar-refractivity contribution is 7.99. The zero-order chi connectivity index (χ0) is 10.4. The lowest BCUT2D eigenvalue weighted by Gasteiger charge is -2.04. The van der Waals surface area contributed by atoms with Crippen molar-refractivity contribution in [1.82, 2.24) is 9.97 Å². The molecular formula is C8H11N3O2S. The van der Waals surface area contributed by atoms with E-state index in [2.05, 4.69) is 9.97 Å². The quantitative estimate of drug-likeness (QED) is 0.542. The Bertz CT molecular complexity index is 294. The number of hydrogen-bond acceptors (Lipinski definition) is 5. The van der Waals surface area contributed by atoms with E-state index in [0.29, 0.717) is 12.2 Å². The molecule has 0 aliphatic carbocycles. The highest BCUT2D eigenvalue weighted by Gasteiger charge is 2.10. The van der Waals surface area contributed by atoms with Gasteiger partial charge in [-0.3, -0.25) is 4.79 Å². The molecule has 5 nitrogen and oxygen atoms in total. The molecular weight excluding hydrogens is 202 g/mol. The Morgan fingerprint density at radius 3 is 3.07 bits per heavy atom. The van der Waals surface area contributed by atoms with Gasteiger partial charge in [-0.2, -0.15) is 0 Å². The molecule has 0 amide bonds. The van der Waals surface area contributed by atoms with Gasteiger partial charge in [0, 0.05) is 11.9 Å². The van der Waals surface area contributed by atoms with Crippen molar-refractivity contribution in [2.45, 2.75) is 17.5 Å². The molecule has 1 unspecified atom stereocenters. The topological polar surface area (TPSA) is 89.1 Å². The van der Waals surface area contributed by atoms with Gasteiger partial charge in [-0.1, -0.05) is 0 Å². The van der Waals surface area contributed by atoms with Crippen molar-refractivity contribution in [3.05, 3.63) is 18.6 Å². The Hall–Kier alpha value is -1.14. The van der Waals surface area contributed by atoms with E-state index >= 15 is 0 Å². The fourth-order valence-corrected chi connectivity index (χ4v) is 1.64. The number of aliphatic carboxylic acids is 1. The van der Waals surface area contributed by atoms with Gasteiger partial charge in [0.2, 0.25) is 0 Å². The van der Waals surface area contributed by atoms with Gasteiger partial charge in [0.05, 0.1) is 5.03 Å². The Labute approximate surface area is 85.7 Å². The summed E-state index contributed by atoms with van der Waals surface area (Å²) in [6.07, 6.45) is 3.54. The molecule has 0 saturated heterocycles. The first-order chi connectivity index (χ1) is 6.70. The maximum Gasteiger partial charge on any atom is 0.320 e. The van der Waals surface area contributed by atoms with E-state index in [0.717, 1.165) is 5.03 Å². The largest absolute Gasteiger partial charge is 0.480 e. The minimum absolute atomic E-state index is 0.435. The molecule has 0 aromatic carbocycles. The van der Waals surface area contributed by atoms with E-state index < -0.39 is 12.0 Å². The number of nitrogens with two attached hydrogens (primary N) is 1. The van der Waals surface area contributed by atoms with Crippen molar-refractivity contribution in [2.75, 3.05) is 5.75 Å². The molecule has 0 saturated carbocycles. The first-order valence-corrected chi connectivity index (χ1v) is 5.06. The summed E-state index contributed by atoms with van der Waals surface area (Å²) in [7, 11) is 0. The molecule has 0 aliphatic rings. The van der Waals surface area contributed by atoms with Crippen LogP contribution < -0.4 is 5.73 Å². The van der Waals surface area contributed by atoms with Gasteiger partial charge in [-0.05, 0) is 12.5 Å². The van der Waals surface area contributed by atoms with Crippen LogP contribution in [0.3, 0.4) is 0 Å². The summed E-state index contributed by atoms with van der Waals surface area (Å²) in [5, 5.41) is 9.35. The zero-order valence-corrected chi connectivity index (χ0v) is 8.28. The molecule has 0 bridgehead atoms. The Morgan fingerprint density at radius 1 is 1.71 bits per heavy atom. The molecule has 1 atom stereocenters. The molecule has 14 heavy (non-hydrogen) atoms. The van der Waals surface area contributed by atoms with E-state index in [9.17, 15) is 4.79 Å². The van der Waals surface area contributed by atoms with Crippen LogP contribution in [0.15, 0.2) is 23.6 Å². The maximum absolute atomic E-state index is 10.4. The number of thioether (sulfide) groups is 1. The second-order valence-electron chi connectivity index (χ2n) is 2.63. The van der Waals surface area contributed by atoms with Crippen LogP contribution >= 0.6 is 11.8 Å². The summed E-state index contributed by atoms with van der Waals surface area (Å²) in [5.41, 5.74) is 5.34. The van der Waals surface area contributed by atoms with Crippen LogP contribution in [0.4, 0.5) is 0 Å². The lowest BCUT2D eigenvalue weighted by molar-refractivity contribution is -0.138. The van der Waals surface area contributed by atoms with Crippen LogP contribution in [-0.2, 0) is 4.79 Å². The SMILES string of the molecule is NC(CCSc1ccncn1)C(=O)O. The van der Waals surface area contributed by atoms with Crippen molar-refractivity contribution >= 4 is 17.7 Å². The van der Waals surface area contributed by atoms with Crippen LogP contribution in [0.25, 0.3) is 0 Å². The second kappa shape index (κ2) is 5.56. The van der Waals surface area contributed by atoms with Crippen molar-refractivity contribution < 1.29 is 9.90 Å². The van der Waals surface area contributed by atoms with Gasteiger partial charge in [0.1, 0.15) is 12.4 Å². The average molecular weight is 213 g/mol. The fraction of sp³-hybridized carbons (Fsp3) is 0.375. The normalized spacial score (nSPS) is 12.4. The van der Waals surface area contributed by atoms with Crippen LogP contribution in [-0.4, -0.2) is 32.8 Å². The molecule has 0 fully saturated rings. The summed E-state index contributed by atoms with van der Waals surface area (Å²) in [5.74, 6) is -0.321. The highest BCUT2D eigenvalue weighted by atomic mass is 32.2. The lowest BCUT2D eigenvalue weighted by atomic mass is 10.2. The Kier molecular flexibility index (Phi) is 4.34. The summed E-state index contributed by atoms with van der Waals surface area (Å²) < 4.78 is 0. The monoisotopic (exact) mass is 213 g/mol. The molecule has 0 radical (unpaired) electrons. The summed E-state index contributed by atoms with van der Waals surface area (Å²) in [6.45, 7) is 0. The summed E-state index contributed by atoms with van der Waals surface area (Å²) in [6, 6.07) is 0.987. The second-order valence-corrected chi connectivity index (χ2v) is 3.74. The Balaban J connectivity index is 2.26. The number of hydrogen-bond donors (Lipinski definition) is 2. The molecule has 1 rings (SSSR count). The first kappa shape index (κ1) is 10.9. The predicted molar refractivity (Wildman–Crippen MR) is 53.0 cm³/mol. The number of carbonyl (C=O) groups is 1. The van der Waals surface area contributed by atoms with Gasteiger partial charge in [0.15, 0.2) is 0 Å². The molecule has 6 heteroatoms. The van der Waals surface area contributed by atoms with Gasteiger partial charge in [-0.25, -0.2) is 9.97 Å². The van der Waals surface area contributed by atoms with Crippen LogP contribution in [0.2, 0.25) is 0 Å². The lowest BCUT2D eigenvalue weighted by Crippen LogP contribution is -2.30. The van der Waals surface area contributed by atoms with E-state index in [1.807, 2.05) is 0 Å². The van der Waals surface area contributed by atoms with Crippen LogP contribution in [0.1, 0.15) is 6.42 Å². The molecule has 0 spiro atoms. The summed E-state index contributed by atoms with van der Waals surface area (Å²) >= 11 is 1.47. The fourth-order valence-electron chi connectivity index (χ4n) is 0.778. The summed E-state index contributed by atoms with van der Waals surface area (Å²) in [4.78, 5) is 18.1. The third kappa shape index (κ3) is 3.71. The number of nitrogens with zero attached hydrogens (tertiary/aromatic N) is 2. The molecule has 1 heterocycles. The van der Waals surface area contributed by atoms with Gasteiger partial charge >= 0.3 is 5.97 Å². The van der Waals surface area contributed by atoms with Crippen molar-refractivity contribution in [3.63, 3.8) is 0 Å². The van der Waals surface area contributed by atoms with E-state index in [-0.39, 0.29) is 0 Å². The predicted octanol–water partition coefficient (Wildman–Crippen LogP) is 0.371. The van der Waals surface area contributed by atoms with Gasteiger partial charge in [-0.15, -0.1) is 11.8 Å². The third-order valence-corrected chi connectivity index (χ3v) is 2.53. The molecule has 1 aromatic heterocycles. The van der Waals surface area contributed by atoms with E-state index in [1.165, 1.54) is 18.1 Å². The van der Waals surface area contributed by atoms with Crippen LogP contribution in [0.5, 0.6) is 0 Å². The van der Waals surface area contributed by atoms with Gasteiger partial charge < -0.3 is 10.8 Å². The minimum Gasteiger partial charge on any atom is -0.480 e. The Morgan fingerprint density at radius 2 is 2.50 bits per heavy atom. The number of aromatic nitrogens is 2. The third-order valence-electron chi connectivity index (χ3n) is 1.55. The molecule has 1 aromatic rings. The van der Waals surface area contributed by atoms with Crippen LogP contribution in [0, 0.1) is 0 Å². The number of carboxylic acid groups (broad SMARTS) is 1. The molecule has 0 aliphatic heterocycles. The number of carboxylic acids is 1.